The fraction of sp³-hybridized carbons (Fsp3) is 0.889. The lowest BCUT2D eigenvalue weighted by atomic mass is 9.48. The molecule has 6 atom stereocenters. The Bertz CT molecular complexity index is 532. The van der Waals surface area contributed by atoms with Gasteiger partial charge in [0.25, 0.3) is 0 Å². The number of carboxylic acid groups (broad SMARTS) is 2. The number of hydrogen-bond donors (Lipinski definition) is 2. The molecule has 2 aliphatic carbocycles. The third-order valence-corrected chi connectivity index (χ3v) is 7.14. The summed E-state index contributed by atoms with van der Waals surface area (Å²) in [6.45, 7) is 6.02. The number of aliphatic carboxylic acids is 2. The van der Waals surface area contributed by atoms with E-state index in [1.165, 1.54) is 0 Å². The van der Waals surface area contributed by atoms with Gasteiger partial charge < -0.3 is 14.9 Å². The first kappa shape index (κ1) is 16.7. The molecule has 0 radical (unpaired) electrons. The van der Waals surface area contributed by atoms with E-state index in [1.807, 2.05) is 20.8 Å². The van der Waals surface area contributed by atoms with Gasteiger partial charge >= 0.3 is 11.9 Å². The minimum Gasteiger partial charge on any atom is -0.481 e. The number of unbranched alkanes of at least 4 members (excludes halogenated alkanes) is 2. The molecule has 0 aromatic carbocycles. The average molecular weight is 324 g/mol. The molecular weight excluding hydrogens is 296 g/mol. The smallest absolute Gasteiger partial charge is 0.311 e. The van der Waals surface area contributed by atoms with Crippen molar-refractivity contribution in [2.24, 2.45) is 22.2 Å². The molecule has 2 N–H and O–H groups in total. The molecule has 3 aliphatic rings. The fourth-order valence-electron chi connectivity index (χ4n) is 6.12. The van der Waals surface area contributed by atoms with Crippen LogP contribution in [0.25, 0.3) is 0 Å². The van der Waals surface area contributed by atoms with Crippen molar-refractivity contribution < 1.29 is 24.5 Å². The van der Waals surface area contributed by atoms with Crippen molar-refractivity contribution in [3.05, 3.63) is 0 Å². The first-order chi connectivity index (χ1) is 10.8. The van der Waals surface area contributed by atoms with Crippen LogP contribution in [0.2, 0.25) is 0 Å². The summed E-state index contributed by atoms with van der Waals surface area (Å²) in [4.78, 5) is 25.0. The van der Waals surface area contributed by atoms with E-state index in [0.29, 0.717) is 19.3 Å². The summed E-state index contributed by atoms with van der Waals surface area (Å²) in [5, 5.41) is 20.5. The second-order valence-electron chi connectivity index (χ2n) is 7.94. The van der Waals surface area contributed by atoms with Gasteiger partial charge in [0.05, 0.1) is 23.0 Å². The van der Waals surface area contributed by atoms with Crippen molar-refractivity contribution >= 4 is 11.9 Å². The Balaban J connectivity index is 2.17. The van der Waals surface area contributed by atoms with E-state index >= 15 is 0 Å². The number of rotatable bonds is 8. The molecule has 0 spiro atoms. The highest BCUT2D eigenvalue weighted by Gasteiger charge is 2.87. The van der Waals surface area contributed by atoms with Gasteiger partial charge in [-0.05, 0) is 19.3 Å². The zero-order chi connectivity index (χ0) is 17.0. The third kappa shape index (κ3) is 1.72. The van der Waals surface area contributed by atoms with Crippen molar-refractivity contribution in [3.8, 4) is 0 Å². The molecule has 0 aromatic rings. The third-order valence-electron chi connectivity index (χ3n) is 7.14. The van der Waals surface area contributed by atoms with Gasteiger partial charge in [-0.2, -0.15) is 0 Å². The Kier molecular flexibility index (Phi) is 3.79. The molecule has 0 aromatic heterocycles. The van der Waals surface area contributed by atoms with E-state index in [9.17, 15) is 19.8 Å². The lowest BCUT2D eigenvalue weighted by molar-refractivity contribution is -0.188. The number of carbonyl (C=O) groups is 2. The number of hydrogen-bond acceptors (Lipinski definition) is 3. The Morgan fingerprint density at radius 3 is 2.22 bits per heavy atom. The minimum atomic E-state index is -1.21. The van der Waals surface area contributed by atoms with Crippen LogP contribution in [0, 0.1) is 22.2 Å². The van der Waals surface area contributed by atoms with E-state index in [-0.39, 0.29) is 18.1 Å². The molecule has 3 rings (SSSR count). The summed E-state index contributed by atoms with van der Waals surface area (Å²) in [5.41, 5.74) is -2.95. The van der Waals surface area contributed by atoms with Gasteiger partial charge in [0, 0.05) is 11.3 Å². The van der Waals surface area contributed by atoms with Crippen LogP contribution in [0.5, 0.6) is 0 Å². The minimum absolute atomic E-state index is 0.0398. The maximum atomic E-state index is 12.6. The van der Waals surface area contributed by atoms with Gasteiger partial charge in [-0.1, -0.05) is 46.5 Å². The van der Waals surface area contributed by atoms with Crippen molar-refractivity contribution in [1.82, 2.24) is 0 Å². The average Bonchev–Trinajstić information content (AvgIpc) is 3.19. The van der Waals surface area contributed by atoms with Crippen LogP contribution in [0.3, 0.4) is 0 Å². The van der Waals surface area contributed by atoms with Crippen LogP contribution in [-0.4, -0.2) is 34.4 Å². The van der Waals surface area contributed by atoms with Gasteiger partial charge in [0.2, 0.25) is 0 Å². The zero-order valence-electron chi connectivity index (χ0n) is 14.3. The molecule has 23 heavy (non-hydrogen) atoms. The van der Waals surface area contributed by atoms with E-state index < -0.39 is 28.2 Å². The van der Waals surface area contributed by atoms with E-state index in [4.69, 9.17) is 4.74 Å². The first-order valence-electron chi connectivity index (χ1n) is 8.95. The van der Waals surface area contributed by atoms with Crippen LogP contribution in [0.1, 0.15) is 65.7 Å². The Labute approximate surface area is 137 Å². The van der Waals surface area contributed by atoms with Gasteiger partial charge in [-0.3, -0.25) is 9.59 Å². The molecule has 1 heterocycles. The van der Waals surface area contributed by atoms with Gasteiger partial charge in [-0.25, -0.2) is 0 Å². The second-order valence-corrected chi connectivity index (χ2v) is 7.94. The quantitative estimate of drug-likeness (QED) is 0.669. The van der Waals surface area contributed by atoms with E-state index in [2.05, 4.69) is 0 Å². The standard InChI is InChI=1S/C18H28O5/c1-4-6-8-17(14(19)20)11-10-16(3,13-12(11)23-13)18(17,15(21)22)9-7-5-2/h11-13H,4-10H2,1-3H3,(H,19,20)(H,21,22). The summed E-state index contributed by atoms with van der Waals surface area (Å²) in [6.07, 6.45) is 4.69. The summed E-state index contributed by atoms with van der Waals surface area (Å²) < 4.78 is 5.79. The predicted octanol–water partition coefficient (Wildman–Crippen LogP) is 3.32. The van der Waals surface area contributed by atoms with Crippen LogP contribution in [-0.2, 0) is 14.3 Å². The molecule has 3 fully saturated rings. The van der Waals surface area contributed by atoms with Crippen LogP contribution in [0.15, 0.2) is 0 Å². The summed E-state index contributed by atoms with van der Waals surface area (Å²) in [5.74, 6) is -2.01. The van der Waals surface area contributed by atoms with Crippen molar-refractivity contribution in [1.29, 1.82) is 0 Å². The lowest BCUT2D eigenvalue weighted by Crippen LogP contribution is -2.61. The number of ether oxygens (including phenoxy) is 1. The van der Waals surface area contributed by atoms with Crippen molar-refractivity contribution in [2.75, 3.05) is 0 Å². The molecule has 130 valence electrons. The molecule has 1 saturated heterocycles. The van der Waals surface area contributed by atoms with Crippen LogP contribution >= 0.6 is 0 Å². The van der Waals surface area contributed by atoms with Crippen LogP contribution in [0.4, 0.5) is 0 Å². The van der Waals surface area contributed by atoms with E-state index in [1.54, 1.807) is 0 Å². The Morgan fingerprint density at radius 1 is 1.09 bits per heavy atom. The SMILES string of the molecule is CCCCC1(C(=O)O)C2CC(C)(C3OC32)C1(CCCC)C(=O)O. The molecular formula is C18H28O5. The fourth-order valence-corrected chi connectivity index (χ4v) is 6.12. The normalized spacial score (nSPS) is 46.7. The van der Waals surface area contributed by atoms with Gasteiger partial charge in [-0.15, -0.1) is 0 Å². The molecule has 1 aliphatic heterocycles. The highest BCUT2D eigenvalue weighted by Crippen LogP contribution is 2.80. The van der Waals surface area contributed by atoms with Gasteiger partial charge in [0.15, 0.2) is 0 Å². The number of carboxylic acids is 2. The zero-order valence-corrected chi connectivity index (χ0v) is 14.3. The van der Waals surface area contributed by atoms with E-state index in [0.717, 1.165) is 25.7 Å². The molecule has 6 unspecified atom stereocenters. The highest BCUT2D eigenvalue weighted by molar-refractivity contribution is 5.90. The lowest BCUT2D eigenvalue weighted by Gasteiger charge is -2.51. The molecule has 5 nitrogen and oxygen atoms in total. The first-order valence-corrected chi connectivity index (χ1v) is 8.95. The molecule has 5 heteroatoms. The predicted molar refractivity (Wildman–Crippen MR) is 84.1 cm³/mol. The highest BCUT2D eigenvalue weighted by atomic mass is 16.6. The molecule has 2 bridgehead atoms. The summed E-state index contributed by atoms with van der Waals surface area (Å²) in [6, 6.07) is 0. The molecule has 0 amide bonds. The Hall–Kier alpha value is -1.10. The van der Waals surface area contributed by atoms with Gasteiger partial charge in [0.1, 0.15) is 0 Å². The maximum Gasteiger partial charge on any atom is 0.311 e. The second kappa shape index (κ2) is 5.20. The van der Waals surface area contributed by atoms with Crippen molar-refractivity contribution in [2.45, 2.75) is 77.9 Å². The summed E-state index contributed by atoms with van der Waals surface area (Å²) >= 11 is 0. The summed E-state index contributed by atoms with van der Waals surface area (Å²) in [7, 11) is 0. The number of fused-ring (bicyclic) bond motifs is 5. The van der Waals surface area contributed by atoms with Crippen molar-refractivity contribution in [3.63, 3.8) is 0 Å². The topological polar surface area (TPSA) is 87.1 Å². The van der Waals surface area contributed by atoms with Crippen LogP contribution < -0.4 is 0 Å². The number of epoxide rings is 1. The largest absolute Gasteiger partial charge is 0.481 e. The monoisotopic (exact) mass is 324 g/mol. The molecule has 2 saturated carbocycles. The Morgan fingerprint density at radius 2 is 1.70 bits per heavy atom. The maximum absolute atomic E-state index is 12.6.